The molecule has 0 atom stereocenters. The van der Waals surface area contributed by atoms with Crippen LogP contribution < -0.4 is 9.80 Å². The summed E-state index contributed by atoms with van der Waals surface area (Å²) in [5.41, 5.74) is 1.55. The van der Waals surface area contributed by atoms with Gasteiger partial charge in [0.15, 0.2) is 0 Å². The van der Waals surface area contributed by atoms with E-state index in [0.717, 1.165) is 5.69 Å². The van der Waals surface area contributed by atoms with Crippen LogP contribution >= 0.6 is 0 Å². The van der Waals surface area contributed by atoms with Crippen LogP contribution in [0.3, 0.4) is 0 Å². The highest BCUT2D eigenvalue weighted by Crippen LogP contribution is 2.32. The number of para-hydroxylation sites is 2. The smallest absolute Gasteiger partial charge is 0.448 e. The van der Waals surface area contributed by atoms with E-state index in [9.17, 15) is 12.9 Å². The summed E-state index contributed by atoms with van der Waals surface area (Å²) >= 11 is 0. The minimum atomic E-state index is -4.77. The molecule has 0 spiro atoms. The van der Waals surface area contributed by atoms with Crippen molar-refractivity contribution in [3.8, 4) is 0 Å². The predicted molar refractivity (Wildman–Crippen MR) is 61.0 cm³/mol. The largest absolute Gasteiger partial charge is 0.497 e. The topological polar surface area (TPSA) is 6.48 Å². The van der Waals surface area contributed by atoms with Gasteiger partial charge in [-0.2, -0.15) is 0 Å². The van der Waals surface area contributed by atoms with Crippen molar-refractivity contribution in [2.45, 2.75) is 0 Å². The predicted octanol–water partition coefficient (Wildman–Crippen LogP) is 2.33. The molecule has 0 amide bonds. The van der Waals surface area contributed by atoms with E-state index in [1.807, 2.05) is 24.1 Å². The van der Waals surface area contributed by atoms with Crippen LogP contribution in [-0.4, -0.2) is 33.6 Å². The number of hydrogen-bond acceptors (Lipinski definition) is 2. The van der Waals surface area contributed by atoms with Crippen LogP contribution in [0, 0.1) is 0 Å². The quantitative estimate of drug-likeness (QED) is 0.718. The van der Waals surface area contributed by atoms with E-state index in [0.29, 0.717) is 18.8 Å². The molecule has 0 saturated heterocycles. The Hall–Kier alpha value is -1.33. The van der Waals surface area contributed by atoms with Crippen LogP contribution in [0.5, 0.6) is 0 Å². The van der Waals surface area contributed by atoms with Crippen molar-refractivity contribution in [3.05, 3.63) is 24.3 Å². The summed E-state index contributed by atoms with van der Waals surface area (Å²) < 4.78 is 37.3. The molecule has 6 heteroatoms. The van der Waals surface area contributed by atoms with E-state index in [4.69, 9.17) is 0 Å². The lowest BCUT2D eigenvalue weighted by Crippen LogP contribution is -2.45. The fraction of sp³-hybridized carbons (Fsp3) is 0.400. The monoisotopic (exact) mass is 229 g/mol. The molecule has 0 aromatic heterocycles. The van der Waals surface area contributed by atoms with Crippen LogP contribution in [0.15, 0.2) is 24.3 Å². The van der Waals surface area contributed by atoms with Gasteiger partial charge in [0.25, 0.3) is 0 Å². The van der Waals surface area contributed by atoms with Crippen LogP contribution in [0.2, 0.25) is 0 Å². The van der Waals surface area contributed by atoms with Crippen molar-refractivity contribution in [3.63, 3.8) is 0 Å². The van der Waals surface area contributed by atoms with Gasteiger partial charge in [0, 0.05) is 20.1 Å². The van der Waals surface area contributed by atoms with Crippen molar-refractivity contribution in [2.24, 2.45) is 0 Å². The summed E-state index contributed by atoms with van der Waals surface area (Å²) in [6, 6.07) is 7.21. The van der Waals surface area contributed by atoms with Crippen LogP contribution in [0.1, 0.15) is 0 Å². The Kier molecular flexibility index (Phi) is 2.74. The number of fused-ring (bicyclic) bond motifs is 1. The van der Waals surface area contributed by atoms with Crippen LogP contribution in [0.4, 0.5) is 24.3 Å². The third-order valence-electron chi connectivity index (χ3n) is 2.77. The Morgan fingerprint density at radius 1 is 1.12 bits per heavy atom. The van der Waals surface area contributed by atoms with Crippen molar-refractivity contribution in [1.29, 1.82) is 0 Å². The maximum atomic E-state index is 12.4. The maximum absolute atomic E-state index is 12.4. The van der Waals surface area contributed by atoms with Gasteiger partial charge in [0.2, 0.25) is 0 Å². The van der Waals surface area contributed by atoms with Gasteiger partial charge >= 0.3 is 6.98 Å². The first-order valence-electron chi connectivity index (χ1n) is 5.23. The number of rotatable bonds is 2. The molecule has 0 saturated carbocycles. The summed E-state index contributed by atoms with van der Waals surface area (Å²) in [5.74, 6) is 0. The zero-order valence-corrected chi connectivity index (χ0v) is 9.04. The summed E-state index contributed by atoms with van der Waals surface area (Å²) in [6.07, 6.45) is -0.815. The number of anilines is 2. The highest BCUT2D eigenvalue weighted by molar-refractivity contribution is 6.59. The van der Waals surface area contributed by atoms with Gasteiger partial charge in [-0.3, -0.25) is 0 Å². The Bertz CT molecular complexity index is 381. The van der Waals surface area contributed by atoms with E-state index in [1.165, 1.54) is 4.90 Å². The summed E-state index contributed by atoms with van der Waals surface area (Å²) in [6.45, 7) is -3.72. The zero-order chi connectivity index (χ0) is 11.8. The number of likely N-dealkylation sites (N-methyl/N-ethyl adjacent to an activating group) is 1. The first kappa shape index (κ1) is 11.2. The highest BCUT2D eigenvalue weighted by atomic mass is 19.4. The second-order valence-corrected chi connectivity index (χ2v) is 4.07. The number of halogens is 3. The fourth-order valence-electron chi connectivity index (χ4n) is 2.01. The SMILES string of the molecule is CN1CCN(C[B-](F)(F)F)c2ccccc21. The molecular weight excluding hydrogens is 216 g/mol. The lowest BCUT2D eigenvalue weighted by molar-refractivity contribution is 0.466. The maximum Gasteiger partial charge on any atom is 0.497 e. The van der Waals surface area contributed by atoms with E-state index in [1.54, 1.807) is 12.1 Å². The second kappa shape index (κ2) is 3.92. The van der Waals surface area contributed by atoms with Crippen molar-refractivity contribution in [1.82, 2.24) is 0 Å². The molecule has 16 heavy (non-hydrogen) atoms. The van der Waals surface area contributed by atoms with E-state index >= 15 is 0 Å². The fourth-order valence-corrected chi connectivity index (χ4v) is 2.01. The third kappa shape index (κ3) is 2.26. The normalized spacial score (nSPS) is 16.2. The molecule has 2 nitrogen and oxygen atoms in total. The standard InChI is InChI=1S/C10H13BF3N2/c1-15-6-7-16(8-11(12,13)14)10-5-3-2-4-9(10)15/h2-5H,6-8H2,1H3/q-1. The van der Waals surface area contributed by atoms with Gasteiger partial charge in [-0.05, 0) is 18.6 Å². The molecule has 0 fully saturated rings. The van der Waals surface area contributed by atoms with Gasteiger partial charge in [0.1, 0.15) is 0 Å². The van der Waals surface area contributed by atoms with Crippen molar-refractivity contribution >= 4 is 18.4 Å². The van der Waals surface area contributed by atoms with Crippen molar-refractivity contribution in [2.75, 3.05) is 36.4 Å². The van der Waals surface area contributed by atoms with Crippen LogP contribution in [0.25, 0.3) is 0 Å². The molecule has 1 aromatic rings. The minimum Gasteiger partial charge on any atom is -0.448 e. The number of nitrogens with zero attached hydrogens (tertiary/aromatic N) is 2. The molecule has 0 radical (unpaired) electrons. The second-order valence-electron chi connectivity index (χ2n) is 4.07. The Labute approximate surface area is 92.7 Å². The first-order chi connectivity index (χ1) is 7.47. The molecule has 0 aliphatic carbocycles. The number of benzene rings is 1. The zero-order valence-electron chi connectivity index (χ0n) is 9.04. The summed E-state index contributed by atoms with van der Waals surface area (Å²) in [7, 11) is 1.90. The average molecular weight is 229 g/mol. The molecule has 0 N–H and O–H groups in total. The highest BCUT2D eigenvalue weighted by Gasteiger charge is 2.29. The van der Waals surface area contributed by atoms with Gasteiger partial charge in [-0.1, -0.05) is 12.1 Å². The molecule has 1 aromatic carbocycles. The van der Waals surface area contributed by atoms with E-state index in [-0.39, 0.29) is 0 Å². The molecular formula is C10H13BF3N2-. The molecule has 0 unspecified atom stereocenters. The van der Waals surface area contributed by atoms with Crippen molar-refractivity contribution < 1.29 is 12.9 Å². The lowest BCUT2D eigenvalue weighted by Gasteiger charge is -2.39. The molecule has 0 bridgehead atoms. The molecule has 1 aliphatic rings. The molecule has 1 aliphatic heterocycles. The van der Waals surface area contributed by atoms with Gasteiger partial charge in [-0.15, -0.1) is 0 Å². The summed E-state index contributed by atoms with van der Waals surface area (Å²) in [5, 5.41) is 0. The van der Waals surface area contributed by atoms with E-state index < -0.39 is 13.4 Å². The average Bonchev–Trinajstić information content (AvgIpc) is 2.21. The summed E-state index contributed by atoms with van der Waals surface area (Å²) in [4.78, 5) is 3.39. The number of hydrogen-bond donors (Lipinski definition) is 0. The molecule has 1 heterocycles. The van der Waals surface area contributed by atoms with Crippen LogP contribution in [-0.2, 0) is 0 Å². The molecule has 2 rings (SSSR count). The van der Waals surface area contributed by atoms with Gasteiger partial charge in [0.05, 0.1) is 11.4 Å². The van der Waals surface area contributed by atoms with E-state index in [2.05, 4.69) is 0 Å². The Morgan fingerprint density at radius 2 is 1.75 bits per heavy atom. The lowest BCUT2D eigenvalue weighted by atomic mass is 9.90. The molecule has 88 valence electrons. The Morgan fingerprint density at radius 3 is 2.38 bits per heavy atom. The van der Waals surface area contributed by atoms with Gasteiger partial charge in [-0.25, -0.2) is 0 Å². The Balaban J connectivity index is 2.28. The minimum absolute atomic E-state index is 0.425. The third-order valence-corrected chi connectivity index (χ3v) is 2.77. The van der Waals surface area contributed by atoms with Gasteiger partial charge < -0.3 is 22.7 Å². The first-order valence-corrected chi connectivity index (χ1v) is 5.23.